The minimum Gasteiger partial charge on any atom is -0.361 e. The van der Waals surface area contributed by atoms with Crippen LogP contribution in [0.4, 0.5) is 0 Å². The van der Waals surface area contributed by atoms with E-state index in [0.717, 1.165) is 32.3 Å². The number of aromatic nitrogens is 4. The Morgan fingerprint density at radius 1 is 0.957 bits per heavy atom. The lowest BCUT2D eigenvalue weighted by atomic mass is 10.1. The van der Waals surface area contributed by atoms with Crippen molar-refractivity contribution < 1.29 is 0 Å². The molecule has 0 bridgehead atoms. The quantitative estimate of drug-likeness (QED) is 0.517. The van der Waals surface area contributed by atoms with Crippen LogP contribution in [0.25, 0.3) is 37.7 Å². The number of hydrogen-bond donors (Lipinski definition) is 1. The largest absolute Gasteiger partial charge is 0.361 e. The van der Waals surface area contributed by atoms with Gasteiger partial charge in [-0.3, -0.25) is 0 Å². The molecule has 0 fully saturated rings. The lowest BCUT2D eigenvalue weighted by Gasteiger charge is -1.99. The van der Waals surface area contributed by atoms with Gasteiger partial charge in [-0.2, -0.15) is 5.10 Å². The summed E-state index contributed by atoms with van der Waals surface area (Å²) in [6.45, 7) is 0. The van der Waals surface area contributed by atoms with Gasteiger partial charge in [-0.1, -0.05) is 53.8 Å². The molecule has 0 spiro atoms. The number of H-pyrrole nitrogens is 1. The van der Waals surface area contributed by atoms with Gasteiger partial charge in [-0.15, -0.1) is 0 Å². The number of nitrogens with zero attached hydrogens (tertiary/aromatic N) is 3. The van der Waals surface area contributed by atoms with E-state index in [4.69, 9.17) is 5.10 Å². The third-order valence-corrected chi connectivity index (χ3v) is 4.93. The van der Waals surface area contributed by atoms with Crippen molar-refractivity contribution in [3.05, 3.63) is 67.0 Å². The van der Waals surface area contributed by atoms with Crippen molar-refractivity contribution in [2.45, 2.75) is 0 Å². The Kier molecular flexibility index (Phi) is 2.63. The normalized spacial score (nSPS) is 11.5. The zero-order valence-corrected chi connectivity index (χ0v) is 12.9. The second-order valence-electron chi connectivity index (χ2n) is 5.39. The molecule has 2 aromatic carbocycles. The van der Waals surface area contributed by atoms with Crippen molar-refractivity contribution in [2.75, 3.05) is 0 Å². The molecule has 0 unspecified atom stereocenters. The van der Waals surface area contributed by atoms with Crippen LogP contribution in [-0.4, -0.2) is 19.6 Å². The van der Waals surface area contributed by atoms with E-state index in [9.17, 15) is 0 Å². The average Bonchev–Trinajstić information content (AvgIpc) is 3.30. The molecule has 0 atom stereocenters. The molecule has 4 nitrogen and oxygen atoms in total. The molecule has 0 saturated carbocycles. The first-order chi connectivity index (χ1) is 11.4. The maximum absolute atomic E-state index is 4.75. The summed E-state index contributed by atoms with van der Waals surface area (Å²) in [5, 5.41) is 6.94. The van der Waals surface area contributed by atoms with Crippen LogP contribution in [0.1, 0.15) is 0 Å². The Balaban J connectivity index is 1.68. The molecule has 5 aromatic rings. The first kappa shape index (κ1) is 12.6. The monoisotopic (exact) mass is 316 g/mol. The molecule has 0 radical (unpaired) electrons. The van der Waals surface area contributed by atoms with Gasteiger partial charge in [0.05, 0.1) is 11.9 Å². The molecule has 3 heterocycles. The lowest BCUT2D eigenvalue weighted by Crippen LogP contribution is -1.89. The van der Waals surface area contributed by atoms with Crippen LogP contribution >= 0.6 is 11.3 Å². The summed E-state index contributed by atoms with van der Waals surface area (Å²) in [6.07, 6.45) is 3.84. The third-order valence-electron chi connectivity index (χ3n) is 3.96. The first-order valence-corrected chi connectivity index (χ1v) is 8.18. The van der Waals surface area contributed by atoms with Crippen LogP contribution in [0.5, 0.6) is 0 Å². The molecule has 0 aliphatic rings. The van der Waals surface area contributed by atoms with Gasteiger partial charge in [0.1, 0.15) is 5.01 Å². The van der Waals surface area contributed by atoms with Crippen molar-refractivity contribution >= 4 is 27.2 Å². The molecule has 23 heavy (non-hydrogen) atoms. The van der Waals surface area contributed by atoms with Crippen molar-refractivity contribution in [3.63, 3.8) is 0 Å². The first-order valence-electron chi connectivity index (χ1n) is 7.36. The van der Waals surface area contributed by atoms with Crippen LogP contribution in [0.2, 0.25) is 0 Å². The topological polar surface area (TPSA) is 46.0 Å². The van der Waals surface area contributed by atoms with E-state index in [1.54, 1.807) is 11.3 Å². The van der Waals surface area contributed by atoms with Gasteiger partial charge in [0.15, 0.2) is 0 Å². The van der Waals surface area contributed by atoms with E-state index in [1.165, 1.54) is 5.39 Å². The van der Waals surface area contributed by atoms with Gasteiger partial charge in [-0.25, -0.2) is 9.50 Å². The summed E-state index contributed by atoms with van der Waals surface area (Å²) >= 11 is 1.60. The van der Waals surface area contributed by atoms with Crippen molar-refractivity contribution in [1.29, 1.82) is 0 Å². The second-order valence-corrected chi connectivity index (χ2v) is 6.35. The third kappa shape index (κ3) is 1.98. The van der Waals surface area contributed by atoms with Crippen LogP contribution in [-0.2, 0) is 0 Å². The Morgan fingerprint density at radius 2 is 1.87 bits per heavy atom. The highest BCUT2D eigenvalue weighted by atomic mass is 32.1. The van der Waals surface area contributed by atoms with Crippen molar-refractivity contribution in [1.82, 2.24) is 19.6 Å². The molecule has 110 valence electrons. The van der Waals surface area contributed by atoms with Crippen LogP contribution in [0, 0.1) is 0 Å². The van der Waals surface area contributed by atoms with E-state index in [-0.39, 0.29) is 0 Å². The number of benzene rings is 2. The zero-order chi connectivity index (χ0) is 15.2. The predicted molar refractivity (Wildman–Crippen MR) is 93.6 cm³/mol. The molecule has 0 aliphatic carbocycles. The highest BCUT2D eigenvalue weighted by Gasteiger charge is 2.13. The summed E-state index contributed by atoms with van der Waals surface area (Å²) in [4.78, 5) is 8.68. The molecule has 0 saturated heterocycles. The van der Waals surface area contributed by atoms with Gasteiger partial charge >= 0.3 is 0 Å². The number of nitrogens with one attached hydrogen (secondary N) is 1. The highest BCUT2D eigenvalue weighted by Crippen LogP contribution is 2.30. The fourth-order valence-corrected chi connectivity index (χ4v) is 3.67. The molecular weight excluding hydrogens is 304 g/mol. The number of rotatable bonds is 2. The van der Waals surface area contributed by atoms with Crippen molar-refractivity contribution in [3.8, 4) is 21.8 Å². The summed E-state index contributed by atoms with van der Waals surface area (Å²) in [7, 11) is 0. The maximum Gasteiger partial charge on any atom is 0.213 e. The average molecular weight is 316 g/mol. The van der Waals surface area contributed by atoms with Crippen LogP contribution < -0.4 is 0 Å². The van der Waals surface area contributed by atoms with Crippen molar-refractivity contribution in [2.24, 2.45) is 0 Å². The molecule has 1 N–H and O–H groups in total. The SMILES string of the molecule is c1ccc(-c2nn3c(-c4ccc5cc[nH]c5c4)cnc3s2)cc1. The Morgan fingerprint density at radius 3 is 2.78 bits per heavy atom. The smallest absolute Gasteiger partial charge is 0.213 e. The Hall–Kier alpha value is -2.92. The van der Waals surface area contributed by atoms with Gasteiger partial charge in [0, 0.05) is 22.8 Å². The summed E-state index contributed by atoms with van der Waals surface area (Å²) in [5.41, 5.74) is 4.36. The number of aromatic amines is 1. The number of fused-ring (bicyclic) bond motifs is 2. The molecular formula is C18H12N4S. The zero-order valence-electron chi connectivity index (χ0n) is 12.1. The summed E-state index contributed by atoms with van der Waals surface area (Å²) < 4.78 is 1.93. The minimum atomic E-state index is 0.908. The lowest BCUT2D eigenvalue weighted by molar-refractivity contribution is 0.985. The molecule has 3 aromatic heterocycles. The predicted octanol–water partition coefficient (Wildman–Crippen LogP) is 4.61. The molecule has 5 heteroatoms. The Bertz CT molecular complexity index is 1120. The van der Waals surface area contributed by atoms with E-state index >= 15 is 0 Å². The maximum atomic E-state index is 4.75. The summed E-state index contributed by atoms with van der Waals surface area (Å²) in [6, 6.07) is 18.7. The molecule has 5 rings (SSSR count). The van der Waals surface area contributed by atoms with E-state index < -0.39 is 0 Å². The highest BCUT2D eigenvalue weighted by molar-refractivity contribution is 7.19. The summed E-state index contributed by atoms with van der Waals surface area (Å²) in [5.74, 6) is 0. The second kappa shape index (κ2) is 4.79. The number of imidazole rings is 1. The van der Waals surface area contributed by atoms with Gasteiger partial charge in [-0.05, 0) is 17.5 Å². The van der Waals surface area contributed by atoms with E-state index in [2.05, 4.69) is 46.4 Å². The van der Waals surface area contributed by atoms with Gasteiger partial charge < -0.3 is 4.98 Å². The molecule has 0 amide bonds. The number of hydrogen-bond acceptors (Lipinski definition) is 3. The standard InChI is InChI=1S/C18H12N4S/c1-2-4-13(5-3-1)17-21-22-16(11-20-18(22)23-17)14-7-6-12-8-9-19-15(12)10-14/h1-11,19H. The fraction of sp³-hybridized carbons (Fsp3) is 0. The van der Waals surface area contributed by atoms with Gasteiger partial charge in [0.25, 0.3) is 0 Å². The Labute approximate surface area is 136 Å². The van der Waals surface area contributed by atoms with Crippen LogP contribution in [0.3, 0.4) is 0 Å². The van der Waals surface area contributed by atoms with E-state index in [0.29, 0.717) is 0 Å². The van der Waals surface area contributed by atoms with E-state index in [1.807, 2.05) is 35.1 Å². The minimum absolute atomic E-state index is 0.908. The molecule has 0 aliphatic heterocycles. The fourth-order valence-electron chi connectivity index (χ4n) is 2.79. The van der Waals surface area contributed by atoms with Gasteiger partial charge in [0.2, 0.25) is 4.96 Å². The van der Waals surface area contributed by atoms with Crippen LogP contribution in [0.15, 0.2) is 67.0 Å².